The van der Waals surface area contributed by atoms with Crippen LogP contribution in [0, 0.1) is 0 Å². The Morgan fingerprint density at radius 2 is 1.91 bits per heavy atom. The fraction of sp³-hybridized carbons (Fsp3) is 0.667. The molecule has 0 saturated heterocycles. The monoisotopic (exact) mass is 224 g/mol. The molecule has 4 nitrogen and oxygen atoms in total. The van der Waals surface area contributed by atoms with Crippen LogP contribution >= 0.6 is 15.9 Å². The van der Waals surface area contributed by atoms with Gasteiger partial charge in [0.15, 0.2) is 10.6 Å². The van der Waals surface area contributed by atoms with Gasteiger partial charge in [-0.15, -0.1) is 0 Å². The molecular formula is C6H9BrO4. The Labute approximate surface area is 72.3 Å². The highest BCUT2D eigenvalue weighted by molar-refractivity contribution is 9.10. The third-order valence-corrected chi connectivity index (χ3v) is 2.72. The van der Waals surface area contributed by atoms with Crippen molar-refractivity contribution in [2.45, 2.75) is 23.8 Å². The Kier molecular flexibility index (Phi) is 2.79. The number of carboxylic acids is 1. The first-order chi connectivity index (χ1) is 4.75. The number of alkyl halides is 1. The number of hydrogen-bond acceptors (Lipinski definition) is 3. The van der Waals surface area contributed by atoms with Crippen molar-refractivity contribution in [1.29, 1.82) is 0 Å². The number of aliphatic hydroxyl groups is 1. The van der Waals surface area contributed by atoms with Crippen LogP contribution in [-0.4, -0.2) is 32.4 Å². The molecular weight excluding hydrogens is 216 g/mol. The molecule has 0 radical (unpaired) electrons. The molecule has 0 heterocycles. The molecule has 5 heteroatoms. The molecule has 64 valence electrons. The van der Waals surface area contributed by atoms with Crippen molar-refractivity contribution in [1.82, 2.24) is 0 Å². The van der Waals surface area contributed by atoms with Crippen LogP contribution in [0.5, 0.6) is 0 Å². The predicted molar refractivity (Wildman–Crippen MR) is 41.7 cm³/mol. The molecule has 0 spiro atoms. The van der Waals surface area contributed by atoms with E-state index in [1.807, 2.05) is 0 Å². The van der Waals surface area contributed by atoms with Crippen molar-refractivity contribution in [3.05, 3.63) is 0 Å². The Balaban J connectivity index is 4.81. The van der Waals surface area contributed by atoms with E-state index in [2.05, 4.69) is 15.9 Å². The molecule has 0 aliphatic heterocycles. The highest BCUT2D eigenvalue weighted by Crippen LogP contribution is 2.29. The Morgan fingerprint density at radius 1 is 1.55 bits per heavy atom. The number of carboxylic acid groups (broad SMARTS) is 1. The molecule has 0 aromatic rings. The summed E-state index contributed by atoms with van der Waals surface area (Å²) in [6.45, 7) is 2.34. The van der Waals surface area contributed by atoms with Gasteiger partial charge in [-0.05, 0) is 13.8 Å². The maximum absolute atomic E-state index is 10.5. The van der Waals surface area contributed by atoms with Gasteiger partial charge in [0.25, 0.3) is 0 Å². The summed E-state index contributed by atoms with van der Waals surface area (Å²) in [6.07, 6.45) is 0.190. The smallest absolute Gasteiger partial charge is 0.323 e. The minimum absolute atomic E-state index is 0.190. The van der Waals surface area contributed by atoms with Crippen LogP contribution in [0.4, 0.5) is 0 Å². The standard InChI is InChI=1S/C6H9BrO4/c1-5(11,3-8)6(2,7)4(9)10/h3,11H,1-2H3,(H,9,10)/t5-,6+/m1/s1. The van der Waals surface area contributed by atoms with E-state index >= 15 is 0 Å². The molecule has 0 bridgehead atoms. The predicted octanol–water partition coefficient (Wildman–Crippen LogP) is 0.174. The molecule has 0 aliphatic carbocycles. The van der Waals surface area contributed by atoms with Crippen LogP contribution in [0.3, 0.4) is 0 Å². The molecule has 2 atom stereocenters. The Bertz CT molecular complexity index is 185. The topological polar surface area (TPSA) is 74.6 Å². The van der Waals surface area contributed by atoms with Gasteiger partial charge in [0.1, 0.15) is 5.60 Å². The van der Waals surface area contributed by atoms with Crippen molar-refractivity contribution >= 4 is 28.2 Å². The number of rotatable bonds is 3. The van der Waals surface area contributed by atoms with Gasteiger partial charge in [-0.1, -0.05) is 15.9 Å². The fourth-order valence-corrected chi connectivity index (χ4v) is 0.421. The van der Waals surface area contributed by atoms with Crippen molar-refractivity contribution in [3.63, 3.8) is 0 Å². The van der Waals surface area contributed by atoms with Gasteiger partial charge in [0.2, 0.25) is 0 Å². The van der Waals surface area contributed by atoms with Crippen molar-refractivity contribution in [2.24, 2.45) is 0 Å². The lowest BCUT2D eigenvalue weighted by Crippen LogP contribution is -2.52. The van der Waals surface area contributed by atoms with Crippen LogP contribution < -0.4 is 0 Å². The van der Waals surface area contributed by atoms with Gasteiger partial charge in [0, 0.05) is 0 Å². The van der Waals surface area contributed by atoms with E-state index in [-0.39, 0.29) is 6.29 Å². The summed E-state index contributed by atoms with van der Waals surface area (Å²) in [5, 5.41) is 17.8. The second-order valence-corrected chi connectivity index (χ2v) is 4.16. The van der Waals surface area contributed by atoms with Crippen molar-refractivity contribution < 1.29 is 19.8 Å². The summed E-state index contributed by atoms with van der Waals surface area (Å²) in [7, 11) is 0. The zero-order chi connectivity index (χ0) is 9.28. The van der Waals surface area contributed by atoms with E-state index < -0.39 is 15.9 Å². The molecule has 11 heavy (non-hydrogen) atoms. The normalized spacial score (nSPS) is 21.5. The van der Waals surface area contributed by atoms with Crippen molar-refractivity contribution in [3.8, 4) is 0 Å². The molecule has 0 fully saturated rings. The highest BCUT2D eigenvalue weighted by Gasteiger charge is 2.47. The number of carbonyl (C=O) groups excluding carboxylic acids is 1. The minimum Gasteiger partial charge on any atom is -0.480 e. The van der Waals surface area contributed by atoms with Crippen LogP contribution in [-0.2, 0) is 9.59 Å². The maximum atomic E-state index is 10.5. The van der Waals surface area contributed by atoms with Crippen molar-refractivity contribution in [2.75, 3.05) is 0 Å². The largest absolute Gasteiger partial charge is 0.480 e. The summed E-state index contributed by atoms with van der Waals surface area (Å²) in [5.41, 5.74) is -1.90. The third kappa shape index (κ3) is 1.78. The average Bonchev–Trinajstić information content (AvgIpc) is 1.87. The SMILES string of the molecule is C[C@](Br)(C(=O)O)[C@](C)(O)C=O. The molecule has 0 rings (SSSR count). The Hall–Kier alpha value is -0.420. The average molecular weight is 225 g/mol. The van der Waals surface area contributed by atoms with Gasteiger partial charge < -0.3 is 15.0 Å². The third-order valence-electron chi connectivity index (χ3n) is 1.58. The van der Waals surface area contributed by atoms with E-state index in [1.165, 1.54) is 6.92 Å². The van der Waals surface area contributed by atoms with Gasteiger partial charge in [-0.25, -0.2) is 0 Å². The molecule has 0 aromatic carbocycles. The van der Waals surface area contributed by atoms with Crippen LogP contribution in [0.2, 0.25) is 0 Å². The number of aldehydes is 1. The Morgan fingerprint density at radius 3 is 2.00 bits per heavy atom. The minimum atomic E-state index is -1.90. The quantitative estimate of drug-likeness (QED) is 0.530. The molecule has 2 N–H and O–H groups in total. The fourth-order valence-electron chi connectivity index (χ4n) is 0.327. The van der Waals surface area contributed by atoms with Gasteiger partial charge in [-0.2, -0.15) is 0 Å². The zero-order valence-corrected chi connectivity index (χ0v) is 7.75. The molecule has 0 aromatic heterocycles. The van der Waals surface area contributed by atoms with E-state index in [0.717, 1.165) is 6.92 Å². The number of halogens is 1. The van der Waals surface area contributed by atoms with E-state index in [9.17, 15) is 14.7 Å². The molecule has 0 amide bonds. The van der Waals surface area contributed by atoms with Crippen LogP contribution in [0.25, 0.3) is 0 Å². The van der Waals surface area contributed by atoms with Crippen LogP contribution in [0.1, 0.15) is 13.8 Å². The van der Waals surface area contributed by atoms with Gasteiger partial charge in [-0.3, -0.25) is 4.79 Å². The second kappa shape index (κ2) is 2.91. The summed E-state index contributed by atoms with van der Waals surface area (Å²) >= 11 is 2.75. The van der Waals surface area contributed by atoms with Crippen LogP contribution in [0.15, 0.2) is 0 Å². The van der Waals surface area contributed by atoms with E-state index in [0.29, 0.717) is 0 Å². The summed E-state index contributed by atoms with van der Waals surface area (Å²) in [5.74, 6) is -1.28. The maximum Gasteiger partial charge on any atom is 0.323 e. The highest BCUT2D eigenvalue weighted by atomic mass is 79.9. The number of aliphatic carboxylic acids is 1. The molecule has 0 aliphatic rings. The zero-order valence-electron chi connectivity index (χ0n) is 6.17. The number of carbonyl (C=O) groups is 2. The number of hydrogen-bond donors (Lipinski definition) is 2. The summed E-state index contributed by atoms with van der Waals surface area (Å²) in [4.78, 5) is 20.7. The summed E-state index contributed by atoms with van der Waals surface area (Å²) < 4.78 is -1.64. The molecule has 0 saturated carbocycles. The van der Waals surface area contributed by atoms with Gasteiger partial charge >= 0.3 is 5.97 Å². The molecule has 0 unspecified atom stereocenters. The first kappa shape index (κ1) is 10.6. The van der Waals surface area contributed by atoms with Gasteiger partial charge in [0.05, 0.1) is 0 Å². The lowest BCUT2D eigenvalue weighted by atomic mass is 9.92. The lowest BCUT2D eigenvalue weighted by Gasteiger charge is -2.29. The van der Waals surface area contributed by atoms with E-state index in [1.54, 1.807) is 0 Å². The first-order valence-corrected chi connectivity index (χ1v) is 3.66. The lowest BCUT2D eigenvalue weighted by molar-refractivity contribution is -0.149. The van der Waals surface area contributed by atoms with E-state index in [4.69, 9.17) is 5.11 Å². The first-order valence-electron chi connectivity index (χ1n) is 2.86. The second-order valence-electron chi connectivity index (χ2n) is 2.57. The summed E-state index contributed by atoms with van der Waals surface area (Å²) in [6, 6.07) is 0.